The predicted octanol–water partition coefficient (Wildman–Crippen LogP) is 2.90. The van der Waals surface area contributed by atoms with Crippen LogP contribution in [0.25, 0.3) is 5.57 Å². The quantitative estimate of drug-likeness (QED) is 0.898. The first kappa shape index (κ1) is 16.9. The highest BCUT2D eigenvalue weighted by atomic mass is 19.1. The van der Waals surface area contributed by atoms with E-state index < -0.39 is 0 Å². The SMILES string of the molecule is C[C@@H]1Cc2c(C(=O)N3CC=C(c4cncc(F)c4)CC3)n[nH]c2[C@H](C)O1. The van der Waals surface area contributed by atoms with Crippen molar-refractivity contribution in [2.24, 2.45) is 0 Å². The first-order chi connectivity index (χ1) is 12.5. The van der Waals surface area contributed by atoms with Gasteiger partial charge in [0.05, 0.1) is 24.1 Å². The lowest BCUT2D eigenvalue weighted by Gasteiger charge is -2.28. The predicted molar refractivity (Wildman–Crippen MR) is 93.9 cm³/mol. The van der Waals surface area contributed by atoms with Crippen LogP contribution in [0, 0.1) is 5.82 Å². The standard InChI is InChI=1S/C19H21FN4O2/c1-11-7-16-17(12(2)26-11)22-23-18(16)19(25)24-5-3-13(4-6-24)14-8-15(20)10-21-9-14/h3,8-12H,4-7H2,1-2H3,(H,22,23)/t11-,12+/m1/s1. The van der Waals surface area contributed by atoms with Crippen LogP contribution in [0.5, 0.6) is 0 Å². The molecule has 4 rings (SSSR count). The number of nitrogens with zero attached hydrogens (tertiary/aromatic N) is 3. The van der Waals surface area contributed by atoms with Crippen LogP contribution in [-0.2, 0) is 11.2 Å². The average molecular weight is 356 g/mol. The van der Waals surface area contributed by atoms with Crippen molar-refractivity contribution >= 4 is 11.5 Å². The number of aromatic nitrogens is 3. The molecule has 1 N–H and O–H groups in total. The van der Waals surface area contributed by atoms with Gasteiger partial charge in [-0.25, -0.2) is 4.39 Å². The van der Waals surface area contributed by atoms with E-state index in [0.717, 1.165) is 22.4 Å². The van der Waals surface area contributed by atoms with Crippen LogP contribution in [0.2, 0.25) is 0 Å². The Morgan fingerprint density at radius 1 is 1.38 bits per heavy atom. The van der Waals surface area contributed by atoms with Gasteiger partial charge in [-0.3, -0.25) is 14.9 Å². The molecule has 6 nitrogen and oxygen atoms in total. The zero-order valence-corrected chi connectivity index (χ0v) is 14.8. The first-order valence-electron chi connectivity index (χ1n) is 8.84. The summed E-state index contributed by atoms with van der Waals surface area (Å²) in [6, 6.07) is 1.48. The van der Waals surface area contributed by atoms with E-state index in [4.69, 9.17) is 4.74 Å². The Morgan fingerprint density at radius 3 is 2.96 bits per heavy atom. The molecule has 0 radical (unpaired) electrons. The van der Waals surface area contributed by atoms with E-state index in [-0.39, 0.29) is 23.9 Å². The number of hydrogen-bond donors (Lipinski definition) is 1. The normalized spacial score (nSPS) is 22.7. The summed E-state index contributed by atoms with van der Waals surface area (Å²) in [6.07, 6.45) is 6.13. The summed E-state index contributed by atoms with van der Waals surface area (Å²) in [5.74, 6) is -0.424. The molecule has 0 spiro atoms. The van der Waals surface area contributed by atoms with Crippen LogP contribution in [0.1, 0.15) is 53.7 Å². The summed E-state index contributed by atoms with van der Waals surface area (Å²) >= 11 is 0. The Labute approximate surface area is 151 Å². The fourth-order valence-corrected chi connectivity index (χ4v) is 3.70. The number of halogens is 1. The second-order valence-corrected chi connectivity index (χ2v) is 6.88. The maximum atomic E-state index is 13.4. The van der Waals surface area contributed by atoms with Crippen molar-refractivity contribution in [2.45, 2.75) is 38.9 Å². The Bertz CT molecular complexity index is 876. The highest BCUT2D eigenvalue weighted by Gasteiger charge is 2.31. The molecule has 4 heterocycles. The lowest BCUT2D eigenvalue weighted by molar-refractivity contribution is -0.00701. The number of carbonyl (C=O) groups is 1. The molecule has 0 bridgehead atoms. The maximum absolute atomic E-state index is 13.4. The summed E-state index contributed by atoms with van der Waals surface area (Å²) in [5.41, 5.74) is 4.14. The zero-order chi connectivity index (χ0) is 18.3. The number of hydrogen-bond acceptors (Lipinski definition) is 4. The molecule has 2 aliphatic heterocycles. The van der Waals surface area contributed by atoms with E-state index >= 15 is 0 Å². The van der Waals surface area contributed by atoms with Crippen molar-refractivity contribution in [1.29, 1.82) is 0 Å². The highest BCUT2D eigenvalue weighted by Crippen LogP contribution is 2.31. The number of fused-ring (bicyclic) bond motifs is 1. The minimum atomic E-state index is -0.351. The van der Waals surface area contributed by atoms with Gasteiger partial charge in [-0.15, -0.1) is 0 Å². The fraction of sp³-hybridized carbons (Fsp3) is 0.421. The second kappa shape index (κ2) is 6.64. The lowest BCUT2D eigenvalue weighted by atomic mass is 9.98. The van der Waals surface area contributed by atoms with Gasteiger partial charge in [0, 0.05) is 31.3 Å². The fourth-order valence-electron chi connectivity index (χ4n) is 3.70. The summed E-state index contributed by atoms with van der Waals surface area (Å²) in [4.78, 5) is 18.6. The third-order valence-corrected chi connectivity index (χ3v) is 5.01. The molecule has 26 heavy (non-hydrogen) atoms. The topological polar surface area (TPSA) is 71.1 Å². The highest BCUT2D eigenvalue weighted by molar-refractivity contribution is 5.94. The molecule has 2 atom stereocenters. The molecule has 1 amide bonds. The molecule has 2 aromatic rings. The van der Waals surface area contributed by atoms with Crippen LogP contribution in [0.15, 0.2) is 24.5 Å². The Kier molecular flexibility index (Phi) is 4.32. The van der Waals surface area contributed by atoms with Gasteiger partial charge in [-0.2, -0.15) is 5.10 Å². The Hall–Kier alpha value is -2.54. The van der Waals surface area contributed by atoms with Gasteiger partial charge in [0.15, 0.2) is 5.69 Å². The third-order valence-electron chi connectivity index (χ3n) is 5.01. The van der Waals surface area contributed by atoms with Crippen molar-refractivity contribution in [3.8, 4) is 0 Å². The summed E-state index contributed by atoms with van der Waals surface area (Å²) in [5, 5.41) is 7.24. The number of pyridine rings is 1. The third kappa shape index (κ3) is 3.03. The average Bonchev–Trinajstić information content (AvgIpc) is 3.05. The molecule has 0 aliphatic carbocycles. The van der Waals surface area contributed by atoms with E-state index in [2.05, 4.69) is 15.2 Å². The molecule has 0 fully saturated rings. The van der Waals surface area contributed by atoms with Gasteiger partial charge in [-0.1, -0.05) is 6.08 Å². The summed E-state index contributed by atoms with van der Waals surface area (Å²) in [7, 11) is 0. The molecular formula is C19H21FN4O2. The van der Waals surface area contributed by atoms with Crippen molar-refractivity contribution in [1.82, 2.24) is 20.1 Å². The Balaban J connectivity index is 1.53. The number of nitrogens with one attached hydrogen (secondary N) is 1. The molecule has 2 aliphatic rings. The van der Waals surface area contributed by atoms with Crippen LogP contribution in [0.3, 0.4) is 0 Å². The summed E-state index contributed by atoms with van der Waals surface area (Å²) in [6.45, 7) is 5.02. The van der Waals surface area contributed by atoms with Gasteiger partial charge >= 0.3 is 0 Å². The number of H-pyrrole nitrogens is 1. The minimum absolute atomic E-state index is 0.0648. The van der Waals surface area contributed by atoms with E-state index in [1.807, 2.05) is 19.9 Å². The molecule has 0 aromatic carbocycles. The monoisotopic (exact) mass is 356 g/mol. The smallest absolute Gasteiger partial charge is 0.274 e. The second-order valence-electron chi connectivity index (χ2n) is 6.88. The molecule has 7 heteroatoms. The van der Waals surface area contributed by atoms with Crippen LogP contribution in [0.4, 0.5) is 4.39 Å². The Morgan fingerprint density at radius 2 is 2.23 bits per heavy atom. The van der Waals surface area contributed by atoms with Gasteiger partial charge in [0.1, 0.15) is 5.82 Å². The largest absolute Gasteiger partial charge is 0.369 e. The van der Waals surface area contributed by atoms with E-state index in [1.54, 1.807) is 11.1 Å². The minimum Gasteiger partial charge on any atom is -0.369 e. The first-order valence-corrected chi connectivity index (χ1v) is 8.84. The van der Waals surface area contributed by atoms with Crippen molar-refractivity contribution in [2.75, 3.05) is 13.1 Å². The summed E-state index contributed by atoms with van der Waals surface area (Å²) < 4.78 is 19.1. The number of carbonyl (C=O) groups excluding carboxylic acids is 1. The van der Waals surface area contributed by atoms with Gasteiger partial charge in [0.25, 0.3) is 5.91 Å². The van der Waals surface area contributed by atoms with Gasteiger partial charge < -0.3 is 9.64 Å². The zero-order valence-electron chi connectivity index (χ0n) is 14.8. The number of ether oxygens (including phenoxy) is 1. The van der Waals surface area contributed by atoms with Gasteiger partial charge in [-0.05, 0) is 37.5 Å². The van der Waals surface area contributed by atoms with E-state index in [1.165, 1.54) is 12.3 Å². The van der Waals surface area contributed by atoms with Crippen LogP contribution >= 0.6 is 0 Å². The molecule has 0 saturated heterocycles. The number of amides is 1. The number of aromatic amines is 1. The molecule has 2 aromatic heterocycles. The van der Waals surface area contributed by atoms with Crippen molar-refractivity contribution < 1.29 is 13.9 Å². The van der Waals surface area contributed by atoms with Gasteiger partial charge in [0.2, 0.25) is 0 Å². The van der Waals surface area contributed by atoms with Crippen LogP contribution < -0.4 is 0 Å². The van der Waals surface area contributed by atoms with Crippen molar-refractivity contribution in [3.63, 3.8) is 0 Å². The molecular weight excluding hydrogens is 335 g/mol. The van der Waals surface area contributed by atoms with Crippen molar-refractivity contribution in [3.05, 3.63) is 52.9 Å². The van der Waals surface area contributed by atoms with E-state index in [0.29, 0.717) is 31.6 Å². The lowest BCUT2D eigenvalue weighted by Crippen LogP contribution is -2.36. The molecule has 136 valence electrons. The molecule has 0 saturated carbocycles. The maximum Gasteiger partial charge on any atom is 0.274 e. The molecule has 0 unspecified atom stereocenters. The van der Waals surface area contributed by atoms with E-state index in [9.17, 15) is 9.18 Å². The number of rotatable bonds is 2. The van der Waals surface area contributed by atoms with Crippen LogP contribution in [-0.4, -0.2) is 45.2 Å².